The van der Waals surface area contributed by atoms with Gasteiger partial charge in [0.05, 0.1) is 24.0 Å². The molecule has 0 radical (unpaired) electrons. The van der Waals surface area contributed by atoms with Gasteiger partial charge in [-0.15, -0.1) is 0 Å². The maximum Gasteiger partial charge on any atom is 0.296 e. The lowest BCUT2D eigenvalue weighted by Crippen LogP contribution is -2.32. The van der Waals surface area contributed by atoms with Crippen molar-refractivity contribution in [3.05, 3.63) is 28.3 Å². The van der Waals surface area contributed by atoms with Crippen molar-refractivity contribution in [3.8, 4) is 5.75 Å². The van der Waals surface area contributed by atoms with Crippen LogP contribution in [0, 0.1) is 16.0 Å². The van der Waals surface area contributed by atoms with Gasteiger partial charge in [-0.25, -0.2) is 0 Å². The van der Waals surface area contributed by atoms with E-state index in [1.54, 1.807) is 6.07 Å². The third kappa shape index (κ3) is 2.88. The summed E-state index contributed by atoms with van der Waals surface area (Å²) in [6.07, 6.45) is 0.733. The minimum absolute atomic E-state index is 0.0762. The molecule has 1 aromatic carbocycles. The molecule has 1 saturated heterocycles. The lowest BCUT2D eigenvalue weighted by molar-refractivity contribution is -0.384. The minimum atomic E-state index is -0.533. The number of amides is 1. The summed E-state index contributed by atoms with van der Waals surface area (Å²) < 4.78 is 4.95. The maximum atomic E-state index is 12.1. The molecule has 1 aliphatic rings. The molecule has 1 aromatic rings. The molecule has 1 aliphatic heterocycles. The first-order chi connectivity index (χ1) is 9.52. The van der Waals surface area contributed by atoms with Crippen LogP contribution in [0.1, 0.15) is 13.3 Å². The lowest BCUT2D eigenvalue weighted by Gasteiger charge is -2.15. The molecule has 1 heterocycles. The summed E-state index contributed by atoms with van der Waals surface area (Å²) >= 11 is 0. The van der Waals surface area contributed by atoms with Crippen LogP contribution in [0.25, 0.3) is 0 Å². The van der Waals surface area contributed by atoms with Crippen molar-refractivity contribution < 1.29 is 14.5 Å². The van der Waals surface area contributed by atoms with E-state index in [1.807, 2.05) is 6.92 Å². The Morgan fingerprint density at radius 2 is 2.30 bits per heavy atom. The number of nitro groups is 1. The molecule has 7 heteroatoms. The summed E-state index contributed by atoms with van der Waals surface area (Å²) in [5.41, 5.74) is 0.0243. The molecule has 1 fully saturated rings. The fourth-order valence-electron chi connectivity index (χ4n) is 2.34. The van der Waals surface area contributed by atoms with Crippen molar-refractivity contribution in [2.75, 3.05) is 19.0 Å². The first-order valence-corrected chi connectivity index (χ1v) is 6.39. The van der Waals surface area contributed by atoms with E-state index in [9.17, 15) is 14.9 Å². The third-order valence-corrected chi connectivity index (χ3v) is 3.52. The van der Waals surface area contributed by atoms with Gasteiger partial charge in [0.1, 0.15) is 11.4 Å². The number of nitrogens with zero attached hydrogens (tertiary/aromatic N) is 1. The second-order valence-electron chi connectivity index (χ2n) is 4.77. The molecule has 2 atom stereocenters. The standard InChI is InChI=1S/C13H17N3O4/c1-8-10(5-6-14-8)13(17)15-11-4-3-9(20-2)7-12(11)16(18)19/h3-4,7-8,10,14H,5-6H2,1-2H3,(H,15,17). The van der Waals surface area contributed by atoms with Crippen molar-refractivity contribution in [3.63, 3.8) is 0 Å². The van der Waals surface area contributed by atoms with Crippen molar-refractivity contribution in [2.24, 2.45) is 5.92 Å². The fraction of sp³-hybridized carbons (Fsp3) is 0.462. The smallest absolute Gasteiger partial charge is 0.296 e. The van der Waals surface area contributed by atoms with Crippen LogP contribution < -0.4 is 15.4 Å². The summed E-state index contributed by atoms with van der Waals surface area (Å²) in [5.74, 6) is 0.0121. The molecule has 1 amide bonds. The Morgan fingerprint density at radius 1 is 1.55 bits per heavy atom. The Morgan fingerprint density at radius 3 is 2.85 bits per heavy atom. The second kappa shape index (κ2) is 5.87. The molecule has 2 rings (SSSR count). The summed E-state index contributed by atoms with van der Waals surface area (Å²) in [4.78, 5) is 22.7. The Hall–Kier alpha value is -2.15. The van der Waals surface area contributed by atoms with Crippen molar-refractivity contribution in [1.82, 2.24) is 5.32 Å². The van der Waals surface area contributed by atoms with Gasteiger partial charge in [-0.2, -0.15) is 0 Å². The Bertz CT molecular complexity index is 532. The van der Waals surface area contributed by atoms with E-state index in [0.29, 0.717) is 5.75 Å². The number of anilines is 1. The van der Waals surface area contributed by atoms with Crippen LogP contribution in [0.15, 0.2) is 18.2 Å². The van der Waals surface area contributed by atoms with Crippen LogP contribution in [-0.4, -0.2) is 30.5 Å². The quantitative estimate of drug-likeness (QED) is 0.644. The van der Waals surface area contributed by atoms with Crippen LogP contribution >= 0.6 is 0 Å². The SMILES string of the molecule is COc1ccc(NC(=O)C2CCNC2C)c([N+](=O)[O-])c1. The highest BCUT2D eigenvalue weighted by Gasteiger charge is 2.30. The van der Waals surface area contributed by atoms with Crippen LogP contribution in [-0.2, 0) is 4.79 Å². The number of carbonyl (C=O) groups excluding carboxylic acids is 1. The highest BCUT2D eigenvalue weighted by molar-refractivity contribution is 5.95. The zero-order valence-corrected chi connectivity index (χ0v) is 11.4. The molecule has 2 N–H and O–H groups in total. The summed E-state index contributed by atoms with van der Waals surface area (Å²) in [7, 11) is 1.43. The van der Waals surface area contributed by atoms with Crippen LogP contribution in [0.3, 0.4) is 0 Å². The third-order valence-electron chi connectivity index (χ3n) is 3.52. The van der Waals surface area contributed by atoms with Gasteiger partial charge in [0.15, 0.2) is 0 Å². The van der Waals surface area contributed by atoms with E-state index in [0.717, 1.165) is 13.0 Å². The fourth-order valence-corrected chi connectivity index (χ4v) is 2.34. The minimum Gasteiger partial charge on any atom is -0.496 e. The average Bonchev–Trinajstić information content (AvgIpc) is 2.85. The molecule has 108 valence electrons. The average molecular weight is 279 g/mol. The molecule has 7 nitrogen and oxygen atoms in total. The topological polar surface area (TPSA) is 93.5 Å². The van der Waals surface area contributed by atoms with Gasteiger partial charge in [0.25, 0.3) is 5.69 Å². The number of benzene rings is 1. The second-order valence-corrected chi connectivity index (χ2v) is 4.77. The van der Waals surface area contributed by atoms with Gasteiger partial charge in [0, 0.05) is 6.04 Å². The largest absolute Gasteiger partial charge is 0.496 e. The molecular formula is C13H17N3O4. The molecular weight excluding hydrogens is 262 g/mol. The van der Waals surface area contributed by atoms with Gasteiger partial charge in [-0.3, -0.25) is 14.9 Å². The zero-order chi connectivity index (χ0) is 14.7. The van der Waals surface area contributed by atoms with E-state index in [2.05, 4.69) is 10.6 Å². The van der Waals surface area contributed by atoms with E-state index < -0.39 is 4.92 Å². The van der Waals surface area contributed by atoms with Crippen LogP contribution in [0.2, 0.25) is 0 Å². The van der Waals surface area contributed by atoms with Gasteiger partial charge >= 0.3 is 0 Å². The van der Waals surface area contributed by atoms with Gasteiger partial charge in [-0.05, 0) is 32.0 Å². The molecule has 2 unspecified atom stereocenters. The van der Waals surface area contributed by atoms with Crippen molar-refractivity contribution in [1.29, 1.82) is 0 Å². The summed E-state index contributed by atoms with van der Waals surface area (Å²) in [6, 6.07) is 4.44. The number of ether oxygens (including phenoxy) is 1. The predicted octanol–water partition coefficient (Wildman–Crippen LogP) is 1.54. The van der Waals surface area contributed by atoms with E-state index in [4.69, 9.17) is 4.74 Å². The number of methoxy groups -OCH3 is 1. The number of hydrogen-bond acceptors (Lipinski definition) is 5. The Labute approximate surface area is 116 Å². The first-order valence-electron chi connectivity index (χ1n) is 6.39. The van der Waals surface area contributed by atoms with Crippen LogP contribution in [0.5, 0.6) is 5.75 Å². The van der Waals surface area contributed by atoms with Gasteiger partial charge < -0.3 is 15.4 Å². The molecule has 0 aromatic heterocycles. The van der Waals surface area contributed by atoms with Gasteiger partial charge in [-0.1, -0.05) is 0 Å². The molecule has 0 saturated carbocycles. The maximum absolute atomic E-state index is 12.1. The Balaban J connectivity index is 2.20. The monoisotopic (exact) mass is 279 g/mol. The number of nitrogens with one attached hydrogen (secondary N) is 2. The zero-order valence-electron chi connectivity index (χ0n) is 11.4. The van der Waals surface area contributed by atoms with Gasteiger partial charge in [0.2, 0.25) is 5.91 Å². The van der Waals surface area contributed by atoms with Crippen molar-refractivity contribution in [2.45, 2.75) is 19.4 Å². The Kier molecular flexibility index (Phi) is 4.19. The van der Waals surface area contributed by atoms with E-state index in [1.165, 1.54) is 19.2 Å². The molecule has 0 spiro atoms. The number of nitro benzene ring substituents is 1. The number of rotatable bonds is 4. The van der Waals surface area contributed by atoms with Crippen molar-refractivity contribution >= 4 is 17.3 Å². The first kappa shape index (κ1) is 14.3. The molecule has 20 heavy (non-hydrogen) atoms. The normalized spacial score (nSPS) is 21.5. The highest BCUT2D eigenvalue weighted by atomic mass is 16.6. The highest BCUT2D eigenvalue weighted by Crippen LogP contribution is 2.30. The van der Waals surface area contributed by atoms with Crippen LogP contribution in [0.4, 0.5) is 11.4 Å². The predicted molar refractivity (Wildman–Crippen MR) is 73.8 cm³/mol. The van der Waals surface area contributed by atoms with E-state index in [-0.39, 0.29) is 29.2 Å². The van der Waals surface area contributed by atoms with E-state index >= 15 is 0 Å². The molecule has 0 aliphatic carbocycles. The number of hydrogen-bond donors (Lipinski definition) is 2. The lowest BCUT2D eigenvalue weighted by atomic mass is 10.0. The summed E-state index contributed by atoms with van der Waals surface area (Å²) in [5, 5.41) is 16.9. The molecule has 0 bridgehead atoms. The number of carbonyl (C=O) groups is 1. The summed E-state index contributed by atoms with van der Waals surface area (Å²) in [6.45, 7) is 2.71.